The van der Waals surface area contributed by atoms with E-state index in [2.05, 4.69) is 39.9 Å². The average molecular weight is 338 g/mol. The van der Waals surface area contributed by atoms with E-state index in [-0.39, 0.29) is 5.92 Å². The first-order chi connectivity index (χ1) is 12.1. The van der Waals surface area contributed by atoms with Gasteiger partial charge in [0.25, 0.3) is 0 Å². The van der Waals surface area contributed by atoms with Crippen molar-refractivity contribution in [1.82, 2.24) is 9.97 Å². The summed E-state index contributed by atoms with van der Waals surface area (Å²) in [6, 6.07) is 10.6. The molecular weight excluding hydrogens is 316 g/mol. The van der Waals surface area contributed by atoms with E-state index < -0.39 is 5.97 Å². The summed E-state index contributed by atoms with van der Waals surface area (Å²) in [5, 5.41) is 9.15. The van der Waals surface area contributed by atoms with Crippen molar-refractivity contribution in [3.05, 3.63) is 42.1 Å². The smallest absolute Gasteiger partial charge is 0.306 e. The van der Waals surface area contributed by atoms with Crippen LogP contribution in [0, 0.1) is 5.92 Å². The van der Waals surface area contributed by atoms with Crippen LogP contribution in [0.15, 0.2) is 36.5 Å². The van der Waals surface area contributed by atoms with Gasteiger partial charge in [-0.2, -0.15) is 4.98 Å². The molecule has 0 amide bonds. The lowest BCUT2D eigenvalue weighted by Crippen LogP contribution is -2.37. The maximum Gasteiger partial charge on any atom is 0.306 e. The maximum absolute atomic E-state index is 11.1. The molecule has 1 fully saturated rings. The van der Waals surface area contributed by atoms with Crippen molar-refractivity contribution in [2.45, 2.75) is 32.2 Å². The molecule has 3 heterocycles. The van der Waals surface area contributed by atoms with Crippen LogP contribution >= 0.6 is 0 Å². The summed E-state index contributed by atoms with van der Waals surface area (Å²) in [4.78, 5) is 24.8. The van der Waals surface area contributed by atoms with Gasteiger partial charge in [-0.15, -0.1) is 0 Å². The molecule has 0 spiro atoms. The number of carbonyl (C=O) groups is 1. The molecule has 0 saturated carbocycles. The van der Waals surface area contributed by atoms with Crippen molar-refractivity contribution in [2.24, 2.45) is 5.92 Å². The van der Waals surface area contributed by atoms with E-state index in [4.69, 9.17) is 10.1 Å². The van der Waals surface area contributed by atoms with Gasteiger partial charge in [-0.05, 0) is 43.9 Å². The molecule has 0 radical (unpaired) electrons. The van der Waals surface area contributed by atoms with E-state index >= 15 is 0 Å². The third kappa shape index (κ3) is 2.92. The largest absolute Gasteiger partial charge is 0.481 e. The molecule has 1 saturated heterocycles. The van der Waals surface area contributed by atoms with Crippen LogP contribution in [-0.2, 0) is 11.2 Å². The number of benzene rings is 1. The van der Waals surface area contributed by atoms with Crippen LogP contribution in [0.2, 0.25) is 0 Å². The number of carboxylic acid groups (broad SMARTS) is 1. The summed E-state index contributed by atoms with van der Waals surface area (Å²) in [5.74, 6) is 0.675. The van der Waals surface area contributed by atoms with Gasteiger partial charge in [-0.3, -0.25) is 4.79 Å². The number of hydrogen-bond acceptors (Lipinski definition) is 5. The van der Waals surface area contributed by atoms with Gasteiger partial charge in [0, 0.05) is 31.0 Å². The van der Waals surface area contributed by atoms with Crippen LogP contribution in [0.4, 0.5) is 17.5 Å². The number of fused-ring (bicyclic) bond motifs is 1. The molecule has 2 aromatic rings. The minimum Gasteiger partial charge on any atom is -0.481 e. The minimum absolute atomic E-state index is 0.233. The molecule has 1 N–H and O–H groups in total. The molecule has 1 aromatic carbocycles. The van der Waals surface area contributed by atoms with Gasteiger partial charge in [-0.25, -0.2) is 4.98 Å². The lowest BCUT2D eigenvalue weighted by Gasteiger charge is -2.31. The lowest BCUT2D eigenvalue weighted by molar-refractivity contribution is -0.142. The summed E-state index contributed by atoms with van der Waals surface area (Å²) in [5.41, 5.74) is 2.50. The molecule has 1 atom stereocenters. The second-order valence-electron chi connectivity index (χ2n) is 6.87. The third-order valence-corrected chi connectivity index (χ3v) is 5.22. The number of rotatable bonds is 3. The van der Waals surface area contributed by atoms with Crippen molar-refractivity contribution in [1.29, 1.82) is 0 Å². The fourth-order valence-electron chi connectivity index (χ4n) is 3.86. The van der Waals surface area contributed by atoms with Crippen molar-refractivity contribution in [3.8, 4) is 0 Å². The Hall–Kier alpha value is -2.63. The predicted molar refractivity (Wildman–Crippen MR) is 96.4 cm³/mol. The van der Waals surface area contributed by atoms with E-state index in [0.29, 0.717) is 18.9 Å². The lowest BCUT2D eigenvalue weighted by atomic mass is 9.97. The van der Waals surface area contributed by atoms with Gasteiger partial charge in [0.2, 0.25) is 5.95 Å². The van der Waals surface area contributed by atoms with Crippen molar-refractivity contribution in [3.63, 3.8) is 0 Å². The number of carboxylic acids is 1. The molecular formula is C19H22N4O2. The highest BCUT2D eigenvalue weighted by molar-refractivity contribution is 5.70. The second-order valence-corrected chi connectivity index (χ2v) is 6.87. The second kappa shape index (κ2) is 6.35. The van der Waals surface area contributed by atoms with Gasteiger partial charge >= 0.3 is 5.97 Å². The van der Waals surface area contributed by atoms with E-state index in [9.17, 15) is 4.79 Å². The molecule has 130 valence electrons. The van der Waals surface area contributed by atoms with E-state index in [1.807, 2.05) is 12.1 Å². The summed E-state index contributed by atoms with van der Waals surface area (Å²) >= 11 is 0. The molecule has 1 aromatic heterocycles. The predicted octanol–water partition coefficient (Wildman–Crippen LogP) is 2.86. The van der Waals surface area contributed by atoms with Gasteiger partial charge in [0.05, 0.1) is 5.92 Å². The van der Waals surface area contributed by atoms with Crippen LogP contribution < -0.4 is 9.80 Å². The Labute approximate surface area is 147 Å². The zero-order valence-electron chi connectivity index (χ0n) is 14.3. The van der Waals surface area contributed by atoms with Gasteiger partial charge in [0.15, 0.2) is 0 Å². The highest BCUT2D eigenvalue weighted by atomic mass is 16.4. The van der Waals surface area contributed by atoms with Crippen molar-refractivity contribution >= 4 is 23.4 Å². The summed E-state index contributed by atoms with van der Waals surface area (Å²) < 4.78 is 0. The fraction of sp³-hybridized carbons (Fsp3) is 0.421. The highest BCUT2D eigenvalue weighted by Crippen LogP contribution is 2.36. The number of aliphatic carboxylic acids is 1. The number of piperidine rings is 1. The highest BCUT2D eigenvalue weighted by Gasteiger charge is 2.30. The first-order valence-corrected chi connectivity index (χ1v) is 8.81. The van der Waals surface area contributed by atoms with Crippen LogP contribution in [0.3, 0.4) is 0 Å². The standard InChI is InChI=1S/C19H22N4O2/c1-13-12-15-4-2-3-5-16(15)23(13)19-20-9-6-17(21-19)22-10-7-14(8-11-22)18(24)25/h2-6,9,13-14H,7-8,10-12H2,1H3,(H,24,25). The Kier molecular flexibility index (Phi) is 4.03. The Bertz CT molecular complexity index is 786. The topological polar surface area (TPSA) is 69.6 Å². The molecule has 4 rings (SSSR count). The molecule has 0 bridgehead atoms. The fourth-order valence-corrected chi connectivity index (χ4v) is 3.86. The van der Waals surface area contributed by atoms with E-state index in [1.54, 1.807) is 6.20 Å². The van der Waals surface area contributed by atoms with Gasteiger partial charge < -0.3 is 14.9 Å². The van der Waals surface area contributed by atoms with E-state index in [0.717, 1.165) is 31.3 Å². The van der Waals surface area contributed by atoms with Crippen LogP contribution in [0.5, 0.6) is 0 Å². The first kappa shape index (κ1) is 15.9. The molecule has 2 aliphatic rings. The van der Waals surface area contributed by atoms with E-state index in [1.165, 1.54) is 11.3 Å². The monoisotopic (exact) mass is 338 g/mol. The molecule has 2 aliphatic heterocycles. The maximum atomic E-state index is 11.1. The Morgan fingerprint density at radius 2 is 1.96 bits per heavy atom. The SMILES string of the molecule is CC1Cc2ccccc2N1c1nccc(N2CCC(C(=O)O)CC2)n1. The van der Waals surface area contributed by atoms with Crippen molar-refractivity contribution in [2.75, 3.05) is 22.9 Å². The molecule has 0 aliphatic carbocycles. The zero-order valence-corrected chi connectivity index (χ0v) is 14.3. The summed E-state index contributed by atoms with van der Waals surface area (Å²) in [6.07, 6.45) is 4.12. The number of hydrogen-bond donors (Lipinski definition) is 1. The quantitative estimate of drug-likeness (QED) is 0.928. The molecule has 25 heavy (non-hydrogen) atoms. The van der Waals surface area contributed by atoms with Crippen LogP contribution in [0.1, 0.15) is 25.3 Å². The number of nitrogens with zero attached hydrogens (tertiary/aromatic N) is 4. The normalized spacial score (nSPS) is 20.6. The van der Waals surface area contributed by atoms with Gasteiger partial charge in [-0.1, -0.05) is 18.2 Å². The van der Waals surface area contributed by atoms with Crippen LogP contribution in [-0.4, -0.2) is 40.2 Å². The van der Waals surface area contributed by atoms with Gasteiger partial charge in [0.1, 0.15) is 5.82 Å². The number of para-hydroxylation sites is 1. The van der Waals surface area contributed by atoms with Crippen LogP contribution in [0.25, 0.3) is 0 Å². The van der Waals surface area contributed by atoms with Crippen molar-refractivity contribution < 1.29 is 9.90 Å². The number of aromatic nitrogens is 2. The minimum atomic E-state index is -0.689. The Balaban J connectivity index is 1.58. The zero-order chi connectivity index (χ0) is 17.4. The summed E-state index contributed by atoms with van der Waals surface area (Å²) in [6.45, 7) is 3.63. The first-order valence-electron chi connectivity index (χ1n) is 8.81. The average Bonchev–Trinajstić information content (AvgIpc) is 2.97. The molecule has 6 heteroatoms. The molecule has 1 unspecified atom stereocenters. The Morgan fingerprint density at radius 1 is 1.20 bits per heavy atom. The summed E-state index contributed by atoms with van der Waals surface area (Å²) in [7, 11) is 0. The number of anilines is 3. The Morgan fingerprint density at radius 3 is 2.72 bits per heavy atom. The molecule has 6 nitrogen and oxygen atoms in total. The third-order valence-electron chi connectivity index (χ3n) is 5.22.